The molecular formula is C11H6FNO3. The van der Waals surface area contributed by atoms with E-state index in [-0.39, 0.29) is 11.5 Å². The summed E-state index contributed by atoms with van der Waals surface area (Å²) in [7, 11) is 0. The van der Waals surface area contributed by atoms with Gasteiger partial charge in [0.15, 0.2) is 5.58 Å². The van der Waals surface area contributed by atoms with Gasteiger partial charge in [0.05, 0.1) is 5.52 Å². The lowest BCUT2D eigenvalue weighted by Gasteiger charge is -1.89. The summed E-state index contributed by atoms with van der Waals surface area (Å²) in [6, 6.07) is 5.50. The van der Waals surface area contributed by atoms with Crippen LogP contribution in [-0.4, -0.2) is 16.1 Å². The summed E-state index contributed by atoms with van der Waals surface area (Å²) in [4.78, 5) is 13.4. The summed E-state index contributed by atoms with van der Waals surface area (Å²) < 4.78 is 18.4. The Labute approximate surface area is 88.3 Å². The zero-order chi connectivity index (χ0) is 11.3. The number of hydrogen-bond donors (Lipinski definition) is 2. The van der Waals surface area contributed by atoms with Crippen LogP contribution < -0.4 is 0 Å². The molecule has 0 atom stereocenters. The van der Waals surface area contributed by atoms with Crippen LogP contribution in [0.5, 0.6) is 0 Å². The molecule has 0 fully saturated rings. The Morgan fingerprint density at radius 3 is 2.88 bits per heavy atom. The molecule has 0 saturated heterocycles. The van der Waals surface area contributed by atoms with Gasteiger partial charge in [-0.3, -0.25) is 0 Å². The lowest BCUT2D eigenvalue weighted by Crippen LogP contribution is -1.94. The van der Waals surface area contributed by atoms with Crippen molar-refractivity contribution in [3.05, 3.63) is 35.8 Å². The highest BCUT2D eigenvalue weighted by Crippen LogP contribution is 2.29. The fraction of sp³-hybridized carbons (Fsp3) is 0. The minimum Gasteiger partial charge on any atom is -0.477 e. The van der Waals surface area contributed by atoms with Crippen molar-refractivity contribution < 1.29 is 18.7 Å². The Morgan fingerprint density at radius 1 is 1.31 bits per heavy atom. The smallest absolute Gasteiger partial charge is 0.352 e. The van der Waals surface area contributed by atoms with Crippen molar-refractivity contribution in [3.63, 3.8) is 0 Å². The zero-order valence-corrected chi connectivity index (χ0v) is 7.95. The second kappa shape index (κ2) is 2.85. The second-order valence-electron chi connectivity index (χ2n) is 3.47. The predicted octanol–water partition coefficient (Wildman–Crippen LogP) is 2.75. The molecule has 3 rings (SSSR count). The van der Waals surface area contributed by atoms with Crippen molar-refractivity contribution in [3.8, 4) is 0 Å². The normalized spacial score (nSPS) is 11.3. The predicted molar refractivity (Wildman–Crippen MR) is 55.0 cm³/mol. The van der Waals surface area contributed by atoms with Crippen LogP contribution in [-0.2, 0) is 0 Å². The van der Waals surface area contributed by atoms with Crippen LogP contribution in [0.3, 0.4) is 0 Å². The van der Waals surface area contributed by atoms with Gasteiger partial charge in [-0.15, -0.1) is 0 Å². The molecule has 0 unspecified atom stereocenters. The monoisotopic (exact) mass is 219 g/mol. The molecule has 0 saturated carbocycles. The number of benzene rings is 1. The molecule has 2 aromatic heterocycles. The molecule has 3 aromatic rings. The molecule has 1 aromatic carbocycles. The van der Waals surface area contributed by atoms with Gasteiger partial charge < -0.3 is 14.5 Å². The van der Waals surface area contributed by atoms with Gasteiger partial charge in [-0.1, -0.05) is 0 Å². The van der Waals surface area contributed by atoms with Crippen LogP contribution in [0.15, 0.2) is 28.7 Å². The maximum absolute atomic E-state index is 13.0. The average Bonchev–Trinajstić information content (AvgIpc) is 2.75. The number of carboxylic acids is 1. The number of furan rings is 1. The van der Waals surface area contributed by atoms with Gasteiger partial charge in [-0.2, -0.15) is 0 Å². The van der Waals surface area contributed by atoms with Gasteiger partial charge in [-0.25, -0.2) is 9.18 Å². The van der Waals surface area contributed by atoms with Crippen LogP contribution >= 0.6 is 0 Å². The number of aromatic nitrogens is 1. The Morgan fingerprint density at radius 2 is 2.12 bits per heavy atom. The summed E-state index contributed by atoms with van der Waals surface area (Å²) in [5.41, 5.74) is 1.48. The number of carbonyl (C=O) groups is 1. The van der Waals surface area contributed by atoms with E-state index in [1.54, 1.807) is 0 Å². The summed E-state index contributed by atoms with van der Waals surface area (Å²) in [6.07, 6.45) is 0. The number of aromatic amines is 1. The second-order valence-corrected chi connectivity index (χ2v) is 3.47. The Balaban J connectivity index is 2.40. The third-order valence-corrected chi connectivity index (χ3v) is 2.44. The molecule has 0 radical (unpaired) electrons. The molecule has 4 nitrogen and oxygen atoms in total. The van der Waals surface area contributed by atoms with Crippen LogP contribution in [0.4, 0.5) is 4.39 Å². The summed E-state index contributed by atoms with van der Waals surface area (Å²) in [5, 5.41) is 9.33. The number of fused-ring (bicyclic) bond motifs is 3. The van der Waals surface area contributed by atoms with Crippen molar-refractivity contribution in [2.45, 2.75) is 0 Å². The van der Waals surface area contributed by atoms with Crippen LogP contribution in [0, 0.1) is 5.82 Å². The molecule has 80 valence electrons. The highest BCUT2D eigenvalue weighted by atomic mass is 19.1. The van der Waals surface area contributed by atoms with Crippen LogP contribution in [0.1, 0.15) is 10.5 Å². The van der Waals surface area contributed by atoms with E-state index in [4.69, 9.17) is 9.52 Å². The van der Waals surface area contributed by atoms with E-state index in [1.165, 1.54) is 24.3 Å². The largest absolute Gasteiger partial charge is 0.477 e. The Hall–Kier alpha value is -2.30. The fourth-order valence-electron chi connectivity index (χ4n) is 1.74. The van der Waals surface area contributed by atoms with E-state index in [2.05, 4.69) is 4.98 Å². The van der Waals surface area contributed by atoms with Crippen molar-refractivity contribution in [1.29, 1.82) is 0 Å². The maximum Gasteiger partial charge on any atom is 0.352 e. The number of aromatic carboxylic acids is 1. The topological polar surface area (TPSA) is 66.2 Å². The highest BCUT2D eigenvalue weighted by Gasteiger charge is 2.14. The lowest BCUT2D eigenvalue weighted by molar-refractivity contribution is 0.0691. The lowest BCUT2D eigenvalue weighted by atomic mass is 10.2. The SMILES string of the molecule is O=C(O)c1cc2oc3ccc(F)cc3c2[nH]1. The van der Waals surface area contributed by atoms with Gasteiger partial charge in [0, 0.05) is 11.5 Å². The number of hydrogen-bond acceptors (Lipinski definition) is 2. The minimum atomic E-state index is -1.07. The van der Waals surface area contributed by atoms with E-state index in [9.17, 15) is 9.18 Å². The number of H-pyrrole nitrogens is 1. The van der Waals surface area contributed by atoms with Crippen molar-refractivity contribution in [2.75, 3.05) is 0 Å². The van der Waals surface area contributed by atoms with Gasteiger partial charge in [0.1, 0.15) is 17.1 Å². The number of rotatable bonds is 1. The molecule has 0 bridgehead atoms. The van der Waals surface area contributed by atoms with Crippen molar-refractivity contribution >= 4 is 28.0 Å². The first-order valence-corrected chi connectivity index (χ1v) is 4.59. The van der Waals surface area contributed by atoms with E-state index in [0.29, 0.717) is 22.1 Å². The standard InChI is InChI=1S/C11H6FNO3/c12-5-1-2-8-6(3-5)10-9(16-8)4-7(13-10)11(14)15/h1-4,13H,(H,14,15). The van der Waals surface area contributed by atoms with Gasteiger partial charge >= 0.3 is 5.97 Å². The number of nitrogens with one attached hydrogen (secondary N) is 1. The Kier molecular flexibility index (Phi) is 1.60. The Bertz CT molecular complexity index is 710. The molecule has 16 heavy (non-hydrogen) atoms. The molecule has 0 aliphatic rings. The van der Waals surface area contributed by atoms with Crippen molar-refractivity contribution in [2.24, 2.45) is 0 Å². The molecule has 5 heteroatoms. The quantitative estimate of drug-likeness (QED) is 0.661. The summed E-state index contributed by atoms with van der Waals surface area (Å²) in [5.74, 6) is -1.46. The molecule has 2 heterocycles. The average molecular weight is 219 g/mol. The van der Waals surface area contributed by atoms with Crippen LogP contribution in [0.25, 0.3) is 22.1 Å². The van der Waals surface area contributed by atoms with E-state index >= 15 is 0 Å². The first-order valence-electron chi connectivity index (χ1n) is 4.59. The van der Waals surface area contributed by atoms with Gasteiger partial charge in [0.25, 0.3) is 0 Å². The first-order chi connectivity index (χ1) is 7.65. The summed E-state index contributed by atoms with van der Waals surface area (Å²) in [6.45, 7) is 0. The molecule has 0 spiro atoms. The molecule has 2 N–H and O–H groups in total. The van der Waals surface area contributed by atoms with E-state index in [0.717, 1.165) is 0 Å². The summed E-state index contributed by atoms with van der Waals surface area (Å²) >= 11 is 0. The number of halogens is 1. The maximum atomic E-state index is 13.0. The minimum absolute atomic E-state index is 0.0277. The molecule has 0 aliphatic heterocycles. The third kappa shape index (κ3) is 1.11. The van der Waals surface area contributed by atoms with Gasteiger partial charge in [-0.05, 0) is 18.2 Å². The molecule has 0 aliphatic carbocycles. The molecule has 0 amide bonds. The highest BCUT2D eigenvalue weighted by molar-refractivity contribution is 6.05. The third-order valence-electron chi connectivity index (χ3n) is 2.44. The van der Waals surface area contributed by atoms with Crippen LogP contribution in [0.2, 0.25) is 0 Å². The first kappa shape index (κ1) is 8.96. The van der Waals surface area contributed by atoms with Crippen molar-refractivity contribution in [1.82, 2.24) is 4.98 Å². The van der Waals surface area contributed by atoms with Gasteiger partial charge in [0.2, 0.25) is 0 Å². The van der Waals surface area contributed by atoms with E-state index in [1.807, 2.05) is 0 Å². The molecular weight excluding hydrogens is 213 g/mol. The van der Waals surface area contributed by atoms with E-state index < -0.39 is 5.97 Å². The fourth-order valence-corrected chi connectivity index (χ4v) is 1.74. The zero-order valence-electron chi connectivity index (χ0n) is 7.95. The number of carboxylic acid groups (broad SMARTS) is 1.